The average molecular weight is 199 g/mol. The van der Waals surface area contributed by atoms with Crippen molar-refractivity contribution in [3.63, 3.8) is 0 Å². The molecule has 0 radical (unpaired) electrons. The second-order valence-corrected chi connectivity index (χ2v) is 3.16. The SMILES string of the molecule is COc1c(O)ccc(C(C)CN)c1F. The third-order valence-corrected chi connectivity index (χ3v) is 2.19. The molecule has 1 rings (SSSR count). The van der Waals surface area contributed by atoms with Gasteiger partial charge in [-0.2, -0.15) is 0 Å². The third kappa shape index (κ3) is 1.80. The number of rotatable bonds is 3. The first-order chi connectivity index (χ1) is 6.61. The lowest BCUT2D eigenvalue weighted by molar-refractivity contribution is 0.348. The van der Waals surface area contributed by atoms with E-state index >= 15 is 0 Å². The minimum absolute atomic E-state index is 0.0931. The van der Waals surface area contributed by atoms with Crippen LogP contribution in [0, 0.1) is 5.82 Å². The molecule has 3 N–H and O–H groups in total. The number of hydrogen-bond donors (Lipinski definition) is 2. The topological polar surface area (TPSA) is 55.5 Å². The van der Waals surface area contributed by atoms with E-state index in [0.717, 1.165) is 0 Å². The van der Waals surface area contributed by atoms with Gasteiger partial charge in [-0.15, -0.1) is 0 Å². The van der Waals surface area contributed by atoms with Gasteiger partial charge in [0, 0.05) is 0 Å². The molecule has 1 aromatic carbocycles. The second kappa shape index (κ2) is 4.28. The number of phenols is 1. The van der Waals surface area contributed by atoms with Crippen molar-refractivity contribution in [1.29, 1.82) is 0 Å². The van der Waals surface area contributed by atoms with E-state index in [4.69, 9.17) is 10.5 Å². The highest BCUT2D eigenvalue weighted by Crippen LogP contribution is 2.33. The maximum Gasteiger partial charge on any atom is 0.196 e. The van der Waals surface area contributed by atoms with Crippen LogP contribution in [0.1, 0.15) is 18.4 Å². The van der Waals surface area contributed by atoms with E-state index in [9.17, 15) is 9.50 Å². The van der Waals surface area contributed by atoms with Gasteiger partial charge in [0.25, 0.3) is 0 Å². The van der Waals surface area contributed by atoms with Crippen LogP contribution in [-0.2, 0) is 0 Å². The van der Waals surface area contributed by atoms with Gasteiger partial charge in [0.1, 0.15) is 0 Å². The quantitative estimate of drug-likeness (QED) is 0.777. The molecule has 0 bridgehead atoms. The summed E-state index contributed by atoms with van der Waals surface area (Å²) in [5.74, 6) is -0.948. The van der Waals surface area contributed by atoms with E-state index in [0.29, 0.717) is 12.1 Å². The number of phenolic OH excluding ortho intramolecular Hbond substituents is 1. The summed E-state index contributed by atoms with van der Waals surface area (Å²) in [6, 6.07) is 2.92. The monoisotopic (exact) mass is 199 g/mol. The Morgan fingerprint density at radius 2 is 2.21 bits per heavy atom. The fraction of sp³-hybridized carbons (Fsp3) is 0.400. The first kappa shape index (κ1) is 10.8. The van der Waals surface area contributed by atoms with Gasteiger partial charge in [-0.1, -0.05) is 13.0 Å². The summed E-state index contributed by atoms with van der Waals surface area (Å²) in [6.07, 6.45) is 0. The largest absolute Gasteiger partial charge is 0.504 e. The summed E-state index contributed by atoms with van der Waals surface area (Å²) >= 11 is 0. The maximum atomic E-state index is 13.6. The van der Waals surface area contributed by atoms with Crippen LogP contribution < -0.4 is 10.5 Å². The Balaban J connectivity index is 3.21. The number of hydrogen-bond acceptors (Lipinski definition) is 3. The summed E-state index contributed by atoms with van der Waals surface area (Å²) in [5, 5.41) is 9.27. The summed E-state index contributed by atoms with van der Waals surface area (Å²) in [4.78, 5) is 0. The molecule has 0 heterocycles. The van der Waals surface area contributed by atoms with E-state index in [2.05, 4.69) is 0 Å². The van der Waals surface area contributed by atoms with E-state index < -0.39 is 5.82 Å². The molecule has 0 spiro atoms. The van der Waals surface area contributed by atoms with Crippen molar-refractivity contribution in [2.45, 2.75) is 12.8 Å². The molecule has 14 heavy (non-hydrogen) atoms. The van der Waals surface area contributed by atoms with Gasteiger partial charge >= 0.3 is 0 Å². The number of halogens is 1. The van der Waals surface area contributed by atoms with Crippen LogP contribution in [0.4, 0.5) is 4.39 Å². The summed E-state index contributed by atoms with van der Waals surface area (Å²) in [7, 11) is 1.31. The van der Waals surface area contributed by atoms with Gasteiger partial charge in [-0.05, 0) is 24.1 Å². The maximum absolute atomic E-state index is 13.6. The highest BCUT2D eigenvalue weighted by molar-refractivity contribution is 5.44. The van der Waals surface area contributed by atoms with Gasteiger partial charge < -0.3 is 15.6 Å². The Bertz CT molecular complexity index is 328. The highest BCUT2D eigenvalue weighted by atomic mass is 19.1. The zero-order chi connectivity index (χ0) is 10.7. The molecule has 1 atom stereocenters. The number of aromatic hydroxyl groups is 1. The van der Waals surface area contributed by atoms with Crippen LogP contribution in [0.15, 0.2) is 12.1 Å². The fourth-order valence-electron chi connectivity index (χ4n) is 1.26. The zero-order valence-electron chi connectivity index (χ0n) is 8.25. The van der Waals surface area contributed by atoms with Crippen LogP contribution in [0.25, 0.3) is 0 Å². The molecule has 0 aliphatic carbocycles. The van der Waals surface area contributed by atoms with Crippen LogP contribution in [0.5, 0.6) is 11.5 Å². The zero-order valence-corrected chi connectivity index (χ0v) is 8.25. The molecule has 3 nitrogen and oxygen atoms in total. The van der Waals surface area contributed by atoms with E-state index in [1.165, 1.54) is 19.2 Å². The predicted molar refractivity (Wildman–Crippen MR) is 52.1 cm³/mol. The van der Waals surface area contributed by atoms with E-state index in [-0.39, 0.29) is 17.4 Å². The molecular weight excluding hydrogens is 185 g/mol. The fourth-order valence-corrected chi connectivity index (χ4v) is 1.26. The van der Waals surface area contributed by atoms with Crippen molar-refractivity contribution < 1.29 is 14.2 Å². The minimum Gasteiger partial charge on any atom is -0.504 e. The van der Waals surface area contributed by atoms with Crippen molar-refractivity contribution >= 4 is 0 Å². The van der Waals surface area contributed by atoms with Crippen molar-refractivity contribution in [3.8, 4) is 11.5 Å². The van der Waals surface area contributed by atoms with Crippen molar-refractivity contribution in [3.05, 3.63) is 23.5 Å². The molecule has 1 unspecified atom stereocenters. The van der Waals surface area contributed by atoms with E-state index in [1.807, 2.05) is 6.92 Å². The molecule has 78 valence electrons. The van der Waals surface area contributed by atoms with Crippen LogP contribution in [0.3, 0.4) is 0 Å². The average Bonchev–Trinajstić information content (AvgIpc) is 2.18. The molecule has 0 saturated heterocycles. The van der Waals surface area contributed by atoms with Crippen molar-refractivity contribution in [1.82, 2.24) is 0 Å². The number of benzene rings is 1. The standard InChI is InChI=1S/C10H14FNO2/c1-6(5-12)7-3-4-8(13)10(14-2)9(7)11/h3-4,6,13H,5,12H2,1-2H3. The first-order valence-corrected chi connectivity index (χ1v) is 4.37. The minimum atomic E-state index is -0.537. The van der Waals surface area contributed by atoms with Gasteiger partial charge in [0.2, 0.25) is 0 Å². The lowest BCUT2D eigenvalue weighted by atomic mass is 10.0. The Labute approximate surface area is 82.3 Å². The molecule has 0 aromatic heterocycles. The summed E-state index contributed by atoms with van der Waals surface area (Å²) < 4.78 is 18.4. The van der Waals surface area contributed by atoms with Gasteiger partial charge in [-0.3, -0.25) is 0 Å². The van der Waals surface area contributed by atoms with E-state index in [1.54, 1.807) is 0 Å². The lowest BCUT2D eigenvalue weighted by Crippen LogP contribution is -2.11. The Kier molecular flexibility index (Phi) is 3.30. The third-order valence-electron chi connectivity index (χ3n) is 2.19. The summed E-state index contributed by atoms with van der Waals surface area (Å²) in [5.41, 5.74) is 5.89. The summed E-state index contributed by atoms with van der Waals surface area (Å²) in [6.45, 7) is 2.17. The van der Waals surface area contributed by atoms with Crippen LogP contribution in [-0.4, -0.2) is 18.8 Å². The van der Waals surface area contributed by atoms with Crippen molar-refractivity contribution in [2.24, 2.45) is 5.73 Å². The van der Waals surface area contributed by atoms with Gasteiger partial charge in [0.15, 0.2) is 17.3 Å². The molecule has 0 fully saturated rings. The smallest absolute Gasteiger partial charge is 0.196 e. The van der Waals surface area contributed by atoms with Crippen LogP contribution >= 0.6 is 0 Å². The molecular formula is C10H14FNO2. The van der Waals surface area contributed by atoms with Gasteiger partial charge in [-0.25, -0.2) is 4.39 Å². The Morgan fingerprint density at radius 3 is 2.71 bits per heavy atom. The lowest BCUT2D eigenvalue weighted by Gasteiger charge is -2.13. The molecule has 0 amide bonds. The van der Waals surface area contributed by atoms with Gasteiger partial charge in [0.05, 0.1) is 7.11 Å². The molecule has 0 aliphatic heterocycles. The second-order valence-electron chi connectivity index (χ2n) is 3.16. The Morgan fingerprint density at radius 1 is 1.57 bits per heavy atom. The molecule has 0 aliphatic rings. The molecule has 4 heteroatoms. The predicted octanol–water partition coefficient (Wildman–Crippen LogP) is 1.60. The Hall–Kier alpha value is -1.29. The molecule has 0 saturated carbocycles. The first-order valence-electron chi connectivity index (χ1n) is 4.37. The molecule has 1 aromatic rings. The number of ether oxygens (including phenoxy) is 1. The number of nitrogens with two attached hydrogens (primary N) is 1. The highest BCUT2D eigenvalue weighted by Gasteiger charge is 2.16. The normalized spacial score (nSPS) is 12.6. The van der Waals surface area contributed by atoms with Crippen molar-refractivity contribution in [2.75, 3.05) is 13.7 Å². The van der Waals surface area contributed by atoms with Crippen LogP contribution in [0.2, 0.25) is 0 Å². The number of methoxy groups -OCH3 is 1.